The molecule has 4 rings (SSSR count). The average molecular weight is 391 g/mol. The predicted octanol–water partition coefficient (Wildman–Crippen LogP) is 5.05. The van der Waals surface area contributed by atoms with Crippen molar-refractivity contribution in [1.29, 1.82) is 0 Å². The van der Waals surface area contributed by atoms with Crippen molar-refractivity contribution >= 4 is 39.9 Å². The summed E-state index contributed by atoms with van der Waals surface area (Å²) < 4.78 is 2.01. The zero-order valence-corrected chi connectivity index (χ0v) is 17.0. The first-order valence-corrected chi connectivity index (χ1v) is 10.3. The van der Waals surface area contributed by atoms with Crippen LogP contribution in [0, 0.1) is 6.92 Å². The van der Waals surface area contributed by atoms with Crippen LogP contribution in [0.25, 0.3) is 16.6 Å². The van der Waals surface area contributed by atoms with Gasteiger partial charge in [0.25, 0.3) is 0 Å². The molecule has 0 aliphatic heterocycles. The third kappa shape index (κ3) is 3.60. The molecule has 0 saturated carbocycles. The molecule has 2 aromatic carbocycles. The molecule has 142 valence electrons. The average Bonchev–Trinajstić information content (AvgIpc) is 3.10. The minimum atomic E-state index is -0.0598. The van der Waals surface area contributed by atoms with Crippen LogP contribution in [-0.2, 0) is 4.79 Å². The van der Waals surface area contributed by atoms with E-state index in [0.717, 1.165) is 33.0 Å². The van der Waals surface area contributed by atoms with Gasteiger partial charge in [0.1, 0.15) is 0 Å². The van der Waals surface area contributed by atoms with Crippen molar-refractivity contribution < 1.29 is 4.79 Å². The van der Waals surface area contributed by atoms with Crippen LogP contribution in [0.3, 0.4) is 0 Å². The Morgan fingerprint density at radius 1 is 1.11 bits per heavy atom. The number of hydrogen-bond acceptors (Lipinski definition) is 4. The summed E-state index contributed by atoms with van der Waals surface area (Å²) in [4.78, 5) is 12.4. The summed E-state index contributed by atoms with van der Waals surface area (Å²) >= 11 is 1.39. The number of carbonyl (C=O) groups excluding carboxylic acids is 1. The Morgan fingerprint density at radius 2 is 1.86 bits per heavy atom. The van der Waals surface area contributed by atoms with Crippen molar-refractivity contribution in [2.45, 2.75) is 31.8 Å². The fourth-order valence-electron chi connectivity index (χ4n) is 3.25. The SMILES string of the molecule is Cc1cc2nnc(SCC(=O)Nc3ccc(C(C)C)cc3)n2c2ccccc12. The molecular formula is C22H22N4OS. The standard InChI is InChI=1S/C22H22N4OS/c1-14(2)16-8-10-17(11-9-16)23-21(27)13-28-22-25-24-20-12-15(3)18-6-4-5-7-19(18)26(20)22/h4-12,14H,13H2,1-3H3,(H,23,27). The summed E-state index contributed by atoms with van der Waals surface area (Å²) in [6.07, 6.45) is 0. The van der Waals surface area contributed by atoms with Gasteiger partial charge in [-0.1, -0.05) is 55.9 Å². The Kier molecular flexibility index (Phi) is 5.05. The van der Waals surface area contributed by atoms with E-state index in [1.54, 1.807) is 0 Å². The first-order chi connectivity index (χ1) is 13.5. The number of hydrogen-bond donors (Lipinski definition) is 1. The van der Waals surface area contributed by atoms with E-state index in [0.29, 0.717) is 5.92 Å². The van der Waals surface area contributed by atoms with Crippen LogP contribution in [0.15, 0.2) is 59.8 Å². The second-order valence-corrected chi connectivity index (χ2v) is 8.08. The number of amides is 1. The van der Waals surface area contributed by atoms with Gasteiger partial charge in [-0.25, -0.2) is 0 Å². The molecule has 0 radical (unpaired) electrons. The van der Waals surface area contributed by atoms with Crippen LogP contribution in [0.5, 0.6) is 0 Å². The van der Waals surface area contributed by atoms with Crippen LogP contribution in [-0.4, -0.2) is 26.3 Å². The van der Waals surface area contributed by atoms with Gasteiger partial charge in [0, 0.05) is 11.1 Å². The summed E-state index contributed by atoms with van der Waals surface area (Å²) in [6, 6.07) is 18.2. The normalized spacial score (nSPS) is 11.4. The molecule has 6 heteroatoms. The lowest BCUT2D eigenvalue weighted by atomic mass is 10.0. The highest BCUT2D eigenvalue weighted by atomic mass is 32.2. The molecular weight excluding hydrogens is 368 g/mol. The summed E-state index contributed by atoms with van der Waals surface area (Å²) in [5.74, 6) is 0.685. The van der Waals surface area contributed by atoms with Crippen molar-refractivity contribution in [3.05, 3.63) is 65.7 Å². The summed E-state index contributed by atoms with van der Waals surface area (Å²) in [6.45, 7) is 6.37. The summed E-state index contributed by atoms with van der Waals surface area (Å²) in [5, 5.41) is 13.4. The van der Waals surface area contributed by atoms with E-state index in [1.165, 1.54) is 17.3 Å². The Labute approximate surface area is 168 Å². The maximum atomic E-state index is 12.4. The number of nitrogens with one attached hydrogen (secondary N) is 1. The molecule has 0 bridgehead atoms. The van der Waals surface area contributed by atoms with Gasteiger partial charge in [-0.15, -0.1) is 10.2 Å². The molecule has 0 fully saturated rings. The van der Waals surface area contributed by atoms with Gasteiger partial charge in [0.2, 0.25) is 5.91 Å². The molecule has 1 N–H and O–H groups in total. The zero-order valence-electron chi connectivity index (χ0n) is 16.1. The third-order valence-corrected chi connectivity index (χ3v) is 5.70. The molecule has 0 aliphatic rings. The van der Waals surface area contributed by atoms with E-state index in [4.69, 9.17) is 0 Å². The van der Waals surface area contributed by atoms with Crippen molar-refractivity contribution in [1.82, 2.24) is 14.6 Å². The molecule has 4 aromatic rings. The molecule has 2 heterocycles. The van der Waals surface area contributed by atoms with Crippen molar-refractivity contribution in [2.75, 3.05) is 11.1 Å². The number of benzene rings is 2. The van der Waals surface area contributed by atoms with Crippen LogP contribution in [0.2, 0.25) is 0 Å². The highest BCUT2D eigenvalue weighted by Crippen LogP contribution is 2.26. The smallest absolute Gasteiger partial charge is 0.234 e. The van der Waals surface area contributed by atoms with E-state index in [1.807, 2.05) is 46.9 Å². The Balaban J connectivity index is 1.51. The van der Waals surface area contributed by atoms with Crippen molar-refractivity contribution in [3.63, 3.8) is 0 Å². The fourth-order valence-corrected chi connectivity index (χ4v) is 4.00. The van der Waals surface area contributed by atoms with Crippen LogP contribution >= 0.6 is 11.8 Å². The number of aryl methyl sites for hydroxylation is 1. The maximum Gasteiger partial charge on any atom is 0.234 e. The maximum absolute atomic E-state index is 12.4. The number of para-hydroxylation sites is 1. The molecule has 0 atom stereocenters. The zero-order chi connectivity index (χ0) is 19.7. The molecule has 0 spiro atoms. The molecule has 1 amide bonds. The lowest BCUT2D eigenvalue weighted by molar-refractivity contribution is -0.113. The van der Waals surface area contributed by atoms with Gasteiger partial charge >= 0.3 is 0 Å². The second kappa shape index (κ2) is 7.64. The van der Waals surface area contributed by atoms with Crippen molar-refractivity contribution in [2.24, 2.45) is 0 Å². The topological polar surface area (TPSA) is 59.3 Å². The molecule has 0 saturated heterocycles. The summed E-state index contributed by atoms with van der Waals surface area (Å²) in [5.41, 5.74) is 5.07. The second-order valence-electron chi connectivity index (χ2n) is 7.13. The quantitative estimate of drug-likeness (QED) is 0.485. The van der Waals surface area contributed by atoms with Crippen LogP contribution in [0.4, 0.5) is 5.69 Å². The Morgan fingerprint density at radius 3 is 2.61 bits per heavy atom. The first-order valence-electron chi connectivity index (χ1n) is 9.29. The van der Waals surface area contributed by atoms with Gasteiger partial charge in [-0.2, -0.15) is 0 Å². The van der Waals surface area contributed by atoms with E-state index >= 15 is 0 Å². The van der Waals surface area contributed by atoms with E-state index in [-0.39, 0.29) is 11.7 Å². The fraction of sp³-hybridized carbons (Fsp3) is 0.227. The minimum absolute atomic E-state index is 0.0598. The number of pyridine rings is 1. The van der Waals surface area contributed by atoms with E-state index < -0.39 is 0 Å². The van der Waals surface area contributed by atoms with Crippen LogP contribution < -0.4 is 5.32 Å². The molecule has 28 heavy (non-hydrogen) atoms. The lowest BCUT2D eigenvalue weighted by Crippen LogP contribution is -2.14. The predicted molar refractivity (Wildman–Crippen MR) is 115 cm³/mol. The number of carbonyl (C=O) groups is 1. The van der Waals surface area contributed by atoms with E-state index in [9.17, 15) is 4.79 Å². The number of nitrogens with zero attached hydrogens (tertiary/aromatic N) is 3. The highest BCUT2D eigenvalue weighted by Gasteiger charge is 2.13. The third-order valence-electron chi connectivity index (χ3n) is 4.77. The molecule has 0 unspecified atom stereocenters. The monoisotopic (exact) mass is 390 g/mol. The van der Waals surface area contributed by atoms with E-state index in [2.05, 4.69) is 48.4 Å². The van der Waals surface area contributed by atoms with Gasteiger partial charge in [0.05, 0.1) is 11.3 Å². The summed E-state index contributed by atoms with van der Waals surface area (Å²) in [7, 11) is 0. The van der Waals surface area contributed by atoms with Gasteiger partial charge in [0.15, 0.2) is 10.8 Å². The number of fused-ring (bicyclic) bond motifs is 3. The minimum Gasteiger partial charge on any atom is -0.325 e. The number of thioether (sulfide) groups is 1. The molecule has 5 nitrogen and oxygen atoms in total. The highest BCUT2D eigenvalue weighted by molar-refractivity contribution is 7.99. The largest absolute Gasteiger partial charge is 0.325 e. The van der Waals surface area contributed by atoms with Crippen LogP contribution in [0.1, 0.15) is 30.9 Å². The van der Waals surface area contributed by atoms with Gasteiger partial charge in [-0.3, -0.25) is 9.20 Å². The van der Waals surface area contributed by atoms with Gasteiger partial charge in [-0.05, 0) is 48.2 Å². The number of anilines is 1. The molecule has 2 aromatic heterocycles. The lowest BCUT2D eigenvalue weighted by Gasteiger charge is -2.09. The Hall–Kier alpha value is -2.86. The van der Waals surface area contributed by atoms with Gasteiger partial charge < -0.3 is 5.32 Å². The first kappa shape index (κ1) is 18.5. The molecule has 0 aliphatic carbocycles. The van der Waals surface area contributed by atoms with Crippen molar-refractivity contribution in [3.8, 4) is 0 Å². The number of rotatable bonds is 5. The Bertz CT molecular complexity index is 1150. The number of aromatic nitrogens is 3.